The van der Waals surface area contributed by atoms with Gasteiger partial charge >= 0.3 is 0 Å². The fourth-order valence-corrected chi connectivity index (χ4v) is 2.04. The van der Waals surface area contributed by atoms with E-state index in [4.69, 9.17) is 0 Å². The Morgan fingerprint density at radius 1 is 1.54 bits per heavy atom. The molecule has 1 rings (SSSR count). The molecule has 2 nitrogen and oxygen atoms in total. The van der Waals surface area contributed by atoms with Gasteiger partial charge in [-0.2, -0.15) is 0 Å². The van der Waals surface area contributed by atoms with E-state index >= 15 is 0 Å². The molecular formula is C10H18BrNO. The van der Waals surface area contributed by atoms with E-state index in [1.807, 2.05) is 0 Å². The van der Waals surface area contributed by atoms with Gasteiger partial charge in [-0.3, -0.25) is 4.79 Å². The molecule has 0 spiro atoms. The minimum Gasteiger partial charge on any atom is -0.356 e. The maximum absolute atomic E-state index is 11.2. The summed E-state index contributed by atoms with van der Waals surface area (Å²) in [5.74, 6) is 0.180. The van der Waals surface area contributed by atoms with E-state index in [0.29, 0.717) is 11.8 Å². The second kappa shape index (κ2) is 4.99. The molecule has 0 atom stereocenters. The van der Waals surface area contributed by atoms with E-state index in [0.717, 1.165) is 11.9 Å². The van der Waals surface area contributed by atoms with Gasteiger partial charge in [-0.1, -0.05) is 29.3 Å². The van der Waals surface area contributed by atoms with Gasteiger partial charge in [0.2, 0.25) is 5.91 Å². The van der Waals surface area contributed by atoms with Gasteiger partial charge < -0.3 is 5.32 Å². The molecule has 0 aromatic rings. The number of halogens is 1. The van der Waals surface area contributed by atoms with Crippen LogP contribution in [0.3, 0.4) is 0 Å². The third-order valence-electron chi connectivity index (χ3n) is 2.72. The lowest BCUT2D eigenvalue weighted by Crippen LogP contribution is -2.30. The molecule has 3 heteroatoms. The normalized spacial score (nSPS) is 18.3. The molecule has 1 aliphatic carbocycles. The third-order valence-corrected chi connectivity index (χ3v) is 3.12. The fraction of sp³-hybridized carbons (Fsp3) is 0.900. The van der Waals surface area contributed by atoms with Crippen LogP contribution in [0.25, 0.3) is 0 Å². The minimum absolute atomic E-state index is 0.180. The average molecular weight is 248 g/mol. The number of nitrogens with one attached hydrogen (secondary N) is 1. The van der Waals surface area contributed by atoms with Crippen molar-refractivity contribution in [1.82, 2.24) is 5.32 Å². The van der Waals surface area contributed by atoms with Crippen molar-refractivity contribution in [3.8, 4) is 0 Å². The number of amides is 1. The van der Waals surface area contributed by atoms with Crippen LogP contribution in [0.2, 0.25) is 0 Å². The Balaban J connectivity index is 2.14. The van der Waals surface area contributed by atoms with E-state index in [1.165, 1.54) is 25.7 Å². The molecule has 0 unspecified atom stereocenters. The lowest BCUT2D eigenvalue weighted by molar-refractivity contribution is -0.120. The summed E-state index contributed by atoms with van der Waals surface area (Å²) in [6.07, 6.45) is 5.70. The van der Waals surface area contributed by atoms with Gasteiger partial charge in [0, 0.05) is 18.3 Å². The molecule has 1 saturated carbocycles. The monoisotopic (exact) mass is 247 g/mol. The van der Waals surface area contributed by atoms with Crippen LogP contribution in [-0.4, -0.2) is 17.8 Å². The Morgan fingerprint density at radius 3 is 2.69 bits per heavy atom. The summed E-state index contributed by atoms with van der Waals surface area (Å²) in [6, 6.07) is 0. The summed E-state index contributed by atoms with van der Waals surface area (Å²) >= 11 is 3.26. The summed E-state index contributed by atoms with van der Waals surface area (Å²) in [5, 5.41) is 3.77. The summed E-state index contributed by atoms with van der Waals surface area (Å²) in [6.45, 7) is 3.10. The van der Waals surface area contributed by atoms with Gasteiger partial charge in [0.05, 0.1) is 0 Å². The van der Waals surface area contributed by atoms with Gasteiger partial charge in [-0.05, 0) is 24.7 Å². The summed E-state index contributed by atoms with van der Waals surface area (Å²) in [7, 11) is 0. The Morgan fingerprint density at radius 2 is 2.23 bits per heavy atom. The number of hydrogen-bond acceptors (Lipinski definition) is 1. The summed E-state index contributed by atoms with van der Waals surface area (Å²) < 4.78 is 0. The van der Waals surface area contributed by atoms with E-state index in [9.17, 15) is 4.79 Å². The molecule has 76 valence electrons. The Labute approximate surface area is 88.6 Å². The van der Waals surface area contributed by atoms with E-state index in [2.05, 4.69) is 28.2 Å². The van der Waals surface area contributed by atoms with Crippen LogP contribution in [0.15, 0.2) is 0 Å². The second-order valence-electron chi connectivity index (χ2n) is 3.97. The van der Waals surface area contributed by atoms with Gasteiger partial charge in [-0.25, -0.2) is 0 Å². The van der Waals surface area contributed by atoms with Crippen molar-refractivity contribution in [2.75, 3.05) is 11.9 Å². The van der Waals surface area contributed by atoms with Crippen molar-refractivity contribution >= 4 is 21.8 Å². The van der Waals surface area contributed by atoms with E-state index in [-0.39, 0.29) is 5.91 Å². The van der Waals surface area contributed by atoms with Crippen LogP contribution >= 0.6 is 15.9 Å². The first kappa shape index (κ1) is 11.0. The lowest BCUT2D eigenvalue weighted by atomic mass is 10.0. The molecule has 1 N–H and O–H groups in total. The van der Waals surface area contributed by atoms with Crippen molar-refractivity contribution < 1.29 is 4.79 Å². The highest BCUT2D eigenvalue weighted by atomic mass is 79.9. The molecule has 0 aromatic heterocycles. The van der Waals surface area contributed by atoms with Gasteiger partial charge in [0.1, 0.15) is 0 Å². The third kappa shape index (κ3) is 3.67. The molecule has 0 heterocycles. The summed E-state index contributed by atoms with van der Waals surface area (Å²) in [5.41, 5.74) is 0.483. The largest absolute Gasteiger partial charge is 0.356 e. The highest BCUT2D eigenvalue weighted by molar-refractivity contribution is 9.09. The molecule has 0 radical (unpaired) electrons. The standard InChI is InChI=1S/C10H18BrNO/c1-2-4-10(5-6-10)8-12-9(13)3-7-11/h2-8H2,1H3,(H,12,13). The maximum atomic E-state index is 11.2. The quantitative estimate of drug-likeness (QED) is 0.719. The van der Waals surface area contributed by atoms with Crippen LogP contribution in [-0.2, 0) is 4.79 Å². The van der Waals surface area contributed by atoms with Gasteiger partial charge in [0.15, 0.2) is 0 Å². The predicted octanol–water partition coefficient (Wildman–Crippen LogP) is 2.47. The first-order valence-corrected chi connectivity index (χ1v) is 6.17. The topological polar surface area (TPSA) is 29.1 Å². The van der Waals surface area contributed by atoms with Crippen molar-refractivity contribution in [2.45, 2.75) is 39.0 Å². The molecule has 0 bridgehead atoms. The highest BCUT2D eigenvalue weighted by Crippen LogP contribution is 2.48. The molecule has 0 aliphatic heterocycles. The maximum Gasteiger partial charge on any atom is 0.220 e. The molecule has 0 aromatic carbocycles. The number of carbonyl (C=O) groups excluding carboxylic acids is 1. The zero-order valence-electron chi connectivity index (χ0n) is 8.24. The Bertz CT molecular complexity index is 178. The molecule has 0 saturated heterocycles. The molecule has 1 aliphatic rings. The zero-order valence-corrected chi connectivity index (χ0v) is 9.82. The van der Waals surface area contributed by atoms with Crippen molar-refractivity contribution in [1.29, 1.82) is 0 Å². The Kier molecular flexibility index (Phi) is 4.23. The molecular weight excluding hydrogens is 230 g/mol. The van der Waals surface area contributed by atoms with E-state index < -0.39 is 0 Å². The lowest BCUT2D eigenvalue weighted by Gasteiger charge is -2.14. The SMILES string of the molecule is CCCC1(CNC(=O)CCBr)CC1. The smallest absolute Gasteiger partial charge is 0.220 e. The summed E-state index contributed by atoms with van der Waals surface area (Å²) in [4.78, 5) is 11.2. The molecule has 1 amide bonds. The zero-order chi connectivity index (χ0) is 9.73. The van der Waals surface area contributed by atoms with Crippen molar-refractivity contribution in [3.05, 3.63) is 0 Å². The average Bonchev–Trinajstić information content (AvgIpc) is 2.84. The van der Waals surface area contributed by atoms with Crippen molar-refractivity contribution in [2.24, 2.45) is 5.41 Å². The number of hydrogen-bond donors (Lipinski definition) is 1. The van der Waals surface area contributed by atoms with Crippen LogP contribution in [0.4, 0.5) is 0 Å². The van der Waals surface area contributed by atoms with Crippen LogP contribution in [0.5, 0.6) is 0 Å². The molecule has 13 heavy (non-hydrogen) atoms. The van der Waals surface area contributed by atoms with Crippen LogP contribution in [0, 0.1) is 5.41 Å². The minimum atomic E-state index is 0.180. The Hall–Kier alpha value is -0.0500. The fourth-order valence-electron chi connectivity index (χ4n) is 1.68. The number of carbonyl (C=O) groups is 1. The van der Waals surface area contributed by atoms with Gasteiger partial charge in [-0.15, -0.1) is 0 Å². The highest BCUT2D eigenvalue weighted by Gasteiger charge is 2.41. The van der Waals surface area contributed by atoms with Gasteiger partial charge in [0.25, 0.3) is 0 Å². The van der Waals surface area contributed by atoms with Crippen LogP contribution < -0.4 is 5.32 Å². The predicted molar refractivity (Wildman–Crippen MR) is 58.0 cm³/mol. The van der Waals surface area contributed by atoms with E-state index in [1.54, 1.807) is 0 Å². The number of rotatable bonds is 6. The molecule has 1 fully saturated rings. The first-order valence-electron chi connectivity index (χ1n) is 5.05. The number of alkyl halides is 1. The van der Waals surface area contributed by atoms with Crippen LogP contribution in [0.1, 0.15) is 39.0 Å². The van der Waals surface area contributed by atoms with Crippen molar-refractivity contribution in [3.63, 3.8) is 0 Å². The second-order valence-corrected chi connectivity index (χ2v) is 4.76. The first-order chi connectivity index (χ1) is 6.22.